The molecule has 9 heteroatoms. The van der Waals surface area contributed by atoms with E-state index in [0.29, 0.717) is 32.0 Å². The molecule has 0 saturated heterocycles. The lowest BCUT2D eigenvalue weighted by atomic mass is 10.3. The zero-order chi connectivity index (χ0) is 20.4. The Balaban J connectivity index is 1.73. The van der Waals surface area contributed by atoms with Crippen molar-refractivity contribution in [3.8, 4) is 0 Å². The van der Waals surface area contributed by atoms with E-state index in [1.54, 1.807) is 0 Å². The van der Waals surface area contributed by atoms with Crippen molar-refractivity contribution < 1.29 is 17.9 Å². The maximum absolute atomic E-state index is 12.0. The number of para-hydroxylation sites is 2. The Hall–Kier alpha value is -2.29. The normalized spacial score (nSPS) is 12.5. The average molecular weight is 399 g/mol. The smallest absolute Gasteiger partial charge is 0.372 e. The predicted molar refractivity (Wildman–Crippen MR) is 105 cm³/mol. The molecule has 28 heavy (non-hydrogen) atoms. The van der Waals surface area contributed by atoms with Gasteiger partial charge in [-0.05, 0) is 38.8 Å². The van der Waals surface area contributed by atoms with Gasteiger partial charge in [0.25, 0.3) is 0 Å². The van der Waals surface area contributed by atoms with Gasteiger partial charge in [-0.25, -0.2) is 4.98 Å². The van der Waals surface area contributed by atoms with Crippen LogP contribution in [-0.2, 0) is 11.3 Å². The highest BCUT2D eigenvalue weighted by Gasteiger charge is 2.27. The van der Waals surface area contributed by atoms with Crippen LogP contribution in [0.5, 0.6) is 0 Å². The fourth-order valence-corrected chi connectivity index (χ4v) is 2.81. The molecular formula is C19H28F3N5O. The van der Waals surface area contributed by atoms with Crippen LogP contribution in [0.15, 0.2) is 29.3 Å². The van der Waals surface area contributed by atoms with Crippen LogP contribution >= 0.6 is 0 Å². The van der Waals surface area contributed by atoms with Gasteiger partial charge < -0.3 is 19.9 Å². The van der Waals surface area contributed by atoms with Crippen LogP contribution in [0.4, 0.5) is 13.2 Å². The Kier molecular flexibility index (Phi) is 8.56. The van der Waals surface area contributed by atoms with Gasteiger partial charge in [-0.3, -0.25) is 4.99 Å². The van der Waals surface area contributed by atoms with Gasteiger partial charge >= 0.3 is 6.18 Å². The van der Waals surface area contributed by atoms with Crippen LogP contribution < -0.4 is 10.6 Å². The number of nitrogens with one attached hydrogen (secondary N) is 2. The standard InChI is InChI=1S/C19H28F3N5O/c1-3-23-18(25-11-7-13-28-14-19(20,21)22)24-10-6-12-27-15(2)26-16-8-4-5-9-17(16)27/h4-5,8-9H,3,6-7,10-14H2,1-2H3,(H2,23,24,25). The van der Waals surface area contributed by atoms with Gasteiger partial charge in [-0.15, -0.1) is 0 Å². The van der Waals surface area contributed by atoms with E-state index in [1.165, 1.54) is 0 Å². The van der Waals surface area contributed by atoms with E-state index in [9.17, 15) is 13.2 Å². The second kappa shape index (κ2) is 10.9. The molecule has 6 nitrogen and oxygen atoms in total. The van der Waals surface area contributed by atoms with Crippen molar-refractivity contribution in [2.24, 2.45) is 4.99 Å². The highest BCUT2D eigenvalue weighted by Crippen LogP contribution is 2.16. The third kappa shape index (κ3) is 7.38. The van der Waals surface area contributed by atoms with Crippen LogP contribution in [-0.4, -0.2) is 54.5 Å². The van der Waals surface area contributed by atoms with Gasteiger partial charge in [0.1, 0.15) is 12.4 Å². The number of guanidine groups is 1. The second-order valence-electron chi connectivity index (χ2n) is 6.36. The minimum Gasteiger partial charge on any atom is -0.372 e. The number of aromatic nitrogens is 2. The van der Waals surface area contributed by atoms with Gasteiger partial charge in [0, 0.05) is 32.8 Å². The molecule has 0 fully saturated rings. The number of hydrogen-bond donors (Lipinski definition) is 2. The molecule has 156 valence electrons. The Morgan fingerprint density at radius 3 is 2.75 bits per heavy atom. The molecule has 0 aliphatic heterocycles. The van der Waals surface area contributed by atoms with E-state index in [1.807, 2.05) is 32.0 Å². The van der Waals surface area contributed by atoms with Gasteiger partial charge in [0.15, 0.2) is 5.96 Å². The highest BCUT2D eigenvalue weighted by molar-refractivity contribution is 5.79. The number of alkyl halides is 3. The molecule has 0 atom stereocenters. The summed E-state index contributed by atoms with van der Waals surface area (Å²) in [6.07, 6.45) is -2.95. The molecule has 1 aromatic heterocycles. The summed E-state index contributed by atoms with van der Waals surface area (Å²) in [4.78, 5) is 9.08. The maximum atomic E-state index is 12.0. The number of nitrogens with zero attached hydrogens (tertiary/aromatic N) is 3. The Morgan fingerprint density at radius 2 is 2.00 bits per heavy atom. The summed E-state index contributed by atoms with van der Waals surface area (Å²) in [5.41, 5.74) is 2.11. The van der Waals surface area contributed by atoms with Crippen molar-refractivity contribution in [3.05, 3.63) is 30.1 Å². The molecule has 1 aromatic carbocycles. The van der Waals surface area contributed by atoms with Crippen molar-refractivity contribution in [3.63, 3.8) is 0 Å². The van der Waals surface area contributed by atoms with E-state index >= 15 is 0 Å². The summed E-state index contributed by atoms with van der Waals surface area (Å²) in [5.74, 6) is 1.64. The first kappa shape index (κ1) is 22.0. The second-order valence-corrected chi connectivity index (χ2v) is 6.36. The lowest BCUT2D eigenvalue weighted by molar-refractivity contribution is -0.173. The predicted octanol–water partition coefficient (Wildman–Crippen LogP) is 3.26. The number of imidazole rings is 1. The lowest BCUT2D eigenvalue weighted by Crippen LogP contribution is -2.38. The fraction of sp³-hybridized carbons (Fsp3) is 0.579. The monoisotopic (exact) mass is 399 g/mol. The van der Waals surface area contributed by atoms with Crippen molar-refractivity contribution in [1.82, 2.24) is 20.2 Å². The van der Waals surface area contributed by atoms with Gasteiger partial charge in [0.2, 0.25) is 0 Å². The molecule has 0 bridgehead atoms. The van der Waals surface area contributed by atoms with Crippen LogP contribution in [0.3, 0.4) is 0 Å². The number of benzene rings is 1. The fourth-order valence-electron chi connectivity index (χ4n) is 2.81. The summed E-state index contributed by atoms with van der Waals surface area (Å²) >= 11 is 0. The molecule has 0 unspecified atom stereocenters. The first-order chi connectivity index (χ1) is 13.4. The van der Waals surface area contributed by atoms with E-state index in [0.717, 1.165) is 29.8 Å². The number of rotatable bonds is 10. The molecule has 0 radical (unpaired) electrons. The first-order valence-electron chi connectivity index (χ1n) is 9.49. The van der Waals surface area contributed by atoms with Gasteiger partial charge in [0.05, 0.1) is 11.0 Å². The first-order valence-corrected chi connectivity index (χ1v) is 9.49. The Bertz CT molecular complexity index is 758. The third-order valence-corrected chi connectivity index (χ3v) is 4.02. The van der Waals surface area contributed by atoms with E-state index in [4.69, 9.17) is 0 Å². The Labute approximate surface area is 163 Å². The molecule has 0 aliphatic carbocycles. The molecule has 2 rings (SSSR count). The summed E-state index contributed by atoms with van der Waals surface area (Å²) < 4.78 is 42.8. The zero-order valence-corrected chi connectivity index (χ0v) is 16.4. The number of halogens is 3. The maximum Gasteiger partial charge on any atom is 0.411 e. The third-order valence-electron chi connectivity index (χ3n) is 4.02. The zero-order valence-electron chi connectivity index (χ0n) is 16.4. The van der Waals surface area contributed by atoms with E-state index in [-0.39, 0.29) is 6.61 Å². The van der Waals surface area contributed by atoms with Crippen LogP contribution in [0.25, 0.3) is 11.0 Å². The molecule has 0 amide bonds. The number of aliphatic imine (C=N–C) groups is 1. The van der Waals surface area contributed by atoms with Crippen molar-refractivity contribution >= 4 is 17.0 Å². The molecule has 0 aliphatic rings. The molecule has 2 N–H and O–H groups in total. The summed E-state index contributed by atoms with van der Waals surface area (Å²) in [6, 6.07) is 8.04. The average Bonchev–Trinajstić information content (AvgIpc) is 2.95. The molecule has 2 aromatic rings. The van der Waals surface area contributed by atoms with Crippen molar-refractivity contribution in [1.29, 1.82) is 0 Å². The molecule has 0 saturated carbocycles. The Morgan fingerprint density at radius 1 is 1.21 bits per heavy atom. The van der Waals surface area contributed by atoms with Gasteiger partial charge in [-0.2, -0.15) is 13.2 Å². The minimum atomic E-state index is -4.28. The summed E-state index contributed by atoms with van der Waals surface area (Å²) in [6.45, 7) is 5.46. The van der Waals surface area contributed by atoms with Crippen molar-refractivity contribution in [2.75, 3.05) is 32.8 Å². The van der Waals surface area contributed by atoms with Crippen LogP contribution in [0.1, 0.15) is 25.6 Å². The highest BCUT2D eigenvalue weighted by atomic mass is 19.4. The number of hydrogen-bond acceptors (Lipinski definition) is 3. The number of aryl methyl sites for hydroxylation is 2. The quantitative estimate of drug-likeness (QED) is 0.366. The minimum absolute atomic E-state index is 0.0545. The van der Waals surface area contributed by atoms with Crippen LogP contribution in [0.2, 0.25) is 0 Å². The van der Waals surface area contributed by atoms with E-state index in [2.05, 4.69) is 36.0 Å². The molecule has 1 heterocycles. The SMILES string of the molecule is CCNC(=NCCCn1c(C)nc2ccccc21)NCCCOCC(F)(F)F. The van der Waals surface area contributed by atoms with Crippen molar-refractivity contribution in [2.45, 2.75) is 39.4 Å². The molecular weight excluding hydrogens is 371 g/mol. The largest absolute Gasteiger partial charge is 0.411 e. The number of fused-ring (bicyclic) bond motifs is 1. The van der Waals surface area contributed by atoms with Crippen LogP contribution in [0, 0.1) is 6.92 Å². The summed E-state index contributed by atoms with van der Waals surface area (Å²) in [5, 5.41) is 6.24. The molecule has 0 spiro atoms. The topological polar surface area (TPSA) is 63.5 Å². The van der Waals surface area contributed by atoms with E-state index < -0.39 is 12.8 Å². The summed E-state index contributed by atoms with van der Waals surface area (Å²) in [7, 11) is 0. The lowest BCUT2D eigenvalue weighted by Gasteiger charge is -2.12. The van der Waals surface area contributed by atoms with Gasteiger partial charge in [-0.1, -0.05) is 12.1 Å². The number of ether oxygens (including phenoxy) is 1.